The molecule has 0 aromatic heterocycles. The average molecular weight is 300 g/mol. The van der Waals surface area contributed by atoms with Gasteiger partial charge in [-0.3, -0.25) is 0 Å². The number of aryl methyl sites for hydroxylation is 1. The van der Waals surface area contributed by atoms with Crippen LogP contribution in [0.3, 0.4) is 0 Å². The van der Waals surface area contributed by atoms with Crippen molar-refractivity contribution in [3.8, 4) is 5.75 Å². The lowest BCUT2D eigenvalue weighted by Crippen LogP contribution is -1.85. The molecule has 0 aliphatic carbocycles. The third-order valence-electron chi connectivity index (χ3n) is 3.78. The van der Waals surface area contributed by atoms with Gasteiger partial charge in [-0.05, 0) is 69.1 Å². The Morgan fingerprint density at radius 3 is 2.18 bits per heavy atom. The van der Waals surface area contributed by atoms with Gasteiger partial charge in [-0.2, -0.15) is 0 Å². The van der Waals surface area contributed by atoms with Gasteiger partial charge in [0.25, 0.3) is 0 Å². The Balaban J connectivity index is 1.91. The topological polar surface area (TPSA) is 20.2 Å². The molecule has 1 heteroatoms. The molecule has 0 heterocycles. The van der Waals surface area contributed by atoms with Gasteiger partial charge in [0.15, 0.2) is 0 Å². The number of unbranched alkanes of at least 4 members (excludes halogenated alkanes) is 6. The van der Waals surface area contributed by atoms with Crippen LogP contribution in [0.1, 0.15) is 70.3 Å². The molecule has 1 rings (SSSR count). The summed E-state index contributed by atoms with van der Waals surface area (Å²) in [6.45, 7) is 2.22. The van der Waals surface area contributed by atoms with E-state index in [0.29, 0.717) is 5.75 Å². The molecule has 1 nitrogen and oxygen atoms in total. The second-order valence-electron chi connectivity index (χ2n) is 5.93. The molecule has 1 aromatic carbocycles. The van der Waals surface area contributed by atoms with Crippen LogP contribution in [0.4, 0.5) is 0 Å². The molecule has 0 bridgehead atoms. The van der Waals surface area contributed by atoms with E-state index in [1.54, 1.807) is 6.07 Å². The van der Waals surface area contributed by atoms with Crippen molar-refractivity contribution in [2.24, 2.45) is 0 Å². The van der Waals surface area contributed by atoms with Crippen LogP contribution in [0.5, 0.6) is 5.75 Å². The fraction of sp³-hybridized carbons (Fsp3) is 0.524. The molecule has 0 amide bonds. The Morgan fingerprint density at radius 1 is 0.818 bits per heavy atom. The molecule has 122 valence electrons. The second-order valence-corrected chi connectivity index (χ2v) is 5.93. The molecular weight excluding hydrogens is 268 g/mol. The fourth-order valence-electron chi connectivity index (χ4n) is 2.47. The summed E-state index contributed by atoms with van der Waals surface area (Å²) in [6.07, 6.45) is 21.5. The van der Waals surface area contributed by atoms with Crippen LogP contribution in [0.25, 0.3) is 0 Å². The lowest BCUT2D eigenvalue weighted by molar-refractivity contribution is 0.474. The van der Waals surface area contributed by atoms with E-state index in [4.69, 9.17) is 0 Å². The van der Waals surface area contributed by atoms with Crippen molar-refractivity contribution in [1.29, 1.82) is 0 Å². The Kier molecular flexibility index (Phi) is 11.1. The Bertz CT molecular complexity index is 431. The number of allylic oxidation sites excluding steroid dienone is 4. The van der Waals surface area contributed by atoms with E-state index in [-0.39, 0.29) is 0 Å². The van der Waals surface area contributed by atoms with Gasteiger partial charge in [-0.1, -0.05) is 56.2 Å². The smallest absolute Gasteiger partial charge is 0.115 e. The summed E-state index contributed by atoms with van der Waals surface area (Å²) in [5.41, 5.74) is 1.24. The van der Waals surface area contributed by atoms with Crippen LogP contribution < -0.4 is 0 Å². The molecule has 0 unspecified atom stereocenters. The van der Waals surface area contributed by atoms with E-state index < -0.39 is 0 Å². The van der Waals surface area contributed by atoms with Gasteiger partial charge in [-0.15, -0.1) is 0 Å². The van der Waals surface area contributed by atoms with E-state index >= 15 is 0 Å². The normalized spacial score (nSPS) is 11.7. The number of phenolic OH excluding ortho intramolecular Hbond substituents is 1. The van der Waals surface area contributed by atoms with Gasteiger partial charge < -0.3 is 5.11 Å². The average Bonchev–Trinajstić information content (AvgIpc) is 2.52. The maximum Gasteiger partial charge on any atom is 0.115 e. The SMILES string of the molecule is CCC/C=C/CCC/C=C/CCCCCc1cccc(O)c1. The highest BCUT2D eigenvalue weighted by Crippen LogP contribution is 2.14. The zero-order chi connectivity index (χ0) is 15.9. The predicted octanol–water partition coefficient (Wildman–Crippen LogP) is 6.58. The summed E-state index contributed by atoms with van der Waals surface area (Å²) in [5.74, 6) is 0.380. The van der Waals surface area contributed by atoms with Gasteiger partial charge >= 0.3 is 0 Å². The maximum atomic E-state index is 9.40. The molecule has 22 heavy (non-hydrogen) atoms. The fourth-order valence-corrected chi connectivity index (χ4v) is 2.47. The van der Waals surface area contributed by atoms with Gasteiger partial charge in [0.1, 0.15) is 5.75 Å². The number of aromatic hydroxyl groups is 1. The quantitative estimate of drug-likeness (QED) is 0.341. The second kappa shape index (κ2) is 13.2. The number of phenols is 1. The minimum Gasteiger partial charge on any atom is -0.508 e. The number of hydrogen-bond donors (Lipinski definition) is 1. The Labute approximate surface area is 136 Å². The van der Waals surface area contributed by atoms with Crippen LogP contribution in [-0.4, -0.2) is 5.11 Å². The molecule has 1 aromatic rings. The first kappa shape index (κ1) is 18.5. The minimum atomic E-state index is 0.380. The summed E-state index contributed by atoms with van der Waals surface area (Å²) in [6, 6.07) is 7.61. The zero-order valence-corrected chi connectivity index (χ0v) is 14.1. The molecule has 0 atom stereocenters. The van der Waals surface area contributed by atoms with Crippen molar-refractivity contribution < 1.29 is 5.11 Å². The van der Waals surface area contributed by atoms with Crippen LogP contribution >= 0.6 is 0 Å². The lowest BCUT2D eigenvalue weighted by atomic mass is 10.1. The summed E-state index contributed by atoms with van der Waals surface area (Å²) >= 11 is 0. The van der Waals surface area contributed by atoms with Gasteiger partial charge in [-0.25, -0.2) is 0 Å². The molecular formula is C21H32O. The number of hydrogen-bond acceptors (Lipinski definition) is 1. The van der Waals surface area contributed by atoms with Crippen LogP contribution in [0.2, 0.25) is 0 Å². The Morgan fingerprint density at radius 2 is 1.50 bits per heavy atom. The number of rotatable bonds is 12. The number of benzene rings is 1. The van der Waals surface area contributed by atoms with E-state index in [9.17, 15) is 5.11 Å². The summed E-state index contributed by atoms with van der Waals surface area (Å²) in [7, 11) is 0. The van der Waals surface area contributed by atoms with E-state index in [2.05, 4.69) is 37.3 Å². The molecule has 0 aliphatic heterocycles. The molecule has 0 saturated carbocycles. The first-order valence-electron chi connectivity index (χ1n) is 8.91. The van der Waals surface area contributed by atoms with Crippen molar-refractivity contribution in [2.75, 3.05) is 0 Å². The van der Waals surface area contributed by atoms with Gasteiger partial charge in [0.2, 0.25) is 0 Å². The van der Waals surface area contributed by atoms with Crippen molar-refractivity contribution >= 4 is 0 Å². The molecule has 0 fully saturated rings. The largest absolute Gasteiger partial charge is 0.508 e. The summed E-state index contributed by atoms with van der Waals surface area (Å²) in [4.78, 5) is 0. The van der Waals surface area contributed by atoms with Crippen molar-refractivity contribution in [3.63, 3.8) is 0 Å². The molecule has 1 N–H and O–H groups in total. The highest BCUT2D eigenvalue weighted by Gasteiger charge is 1.94. The van der Waals surface area contributed by atoms with Crippen LogP contribution in [0, 0.1) is 0 Å². The highest BCUT2D eigenvalue weighted by molar-refractivity contribution is 5.27. The summed E-state index contributed by atoms with van der Waals surface area (Å²) in [5, 5.41) is 9.40. The van der Waals surface area contributed by atoms with Crippen molar-refractivity contribution in [1.82, 2.24) is 0 Å². The standard InChI is InChI=1S/C21H32O/c1-2-3-4-5-6-7-8-9-10-11-12-13-14-16-20-17-15-18-21(22)19-20/h4-5,9-10,15,17-19,22H,2-3,6-8,11-14,16H2,1H3/b5-4+,10-9+. The van der Waals surface area contributed by atoms with Crippen molar-refractivity contribution in [3.05, 3.63) is 54.1 Å². The van der Waals surface area contributed by atoms with Crippen molar-refractivity contribution in [2.45, 2.75) is 71.1 Å². The van der Waals surface area contributed by atoms with Gasteiger partial charge in [0, 0.05) is 0 Å². The lowest BCUT2D eigenvalue weighted by Gasteiger charge is -2.01. The van der Waals surface area contributed by atoms with E-state index in [1.807, 2.05) is 12.1 Å². The third kappa shape index (κ3) is 10.3. The third-order valence-corrected chi connectivity index (χ3v) is 3.78. The summed E-state index contributed by atoms with van der Waals surface area (Å²) < 4.78 is 0. The van der Waals surface area contributed by atoms with E-state index in [1.165, 1.54) is 63.4 Å². The predicted molar refractivity (Wildman–Crippen MR) is 97.3 cm³/mol. The molecule has 0 radical (unpaired) electrons. The maximum absolute atomic E-state index is 9.40. The molecule has 0 aliphatic rings. The van der Waals surface area contributed by atoms with E-state index in [0.717, 1.165) is 6.42 Å². The van der Waals surface area contributed by atoms with Crippen LogP contribution in [-0.2, 0) is 6.42 Å². The first-order valence-corrected chi connectivity index (χ1v) is 8.91. The highest BCUT2D eigenvalue weighted by atomic mass is 16.3. The molecule has 0 spiro atoms. The van der Waals surface area contributed by atoms with Gasteiger partial charge in [0.05, 0.1) is 0 Å². The monoisotopic (exact) mass is 300 g/mol. The zero-order valence-electron chi connectivity index (χ0n) is 14.1. The Hall–Kier alpha value is -1.50. The molecule has 0 saturated heterocycles. The minimum absolute atomic E-state index is 0.380. The van der Waals surface area contributed by atoms with Crippen LogP contribution in [0.15, 0.2) is 48.6 Å². The first-order chi connectivity index (χ1) is 10.8.